The van der Waals surface area contributed by atoms with E-state index in [-0.39, 0.29) is 24.1 Å². The van der Waals surface area contributed by atoms with Crippen molar-refractivity contribution in [1.82, 2.24) is 19.1 Å². The Kier molecular flexibility index (Phi) is 4.33. The molecule has 0 saturated heterocycles. The molecule has 1 aliphatic heterocycles. The minimum atomic E-state index is -3.86. The number of carbonyl (C=O) groups is 1. The molecule has 28 heavy (non-hydrogen) atoms. The first-order chi connectivity index (χ1) is 13.1. The van der Waals surface area contributed by atoms with Crippen molar-refractivity contribution in [3.05, 3.63) is 35.8 Å². The van der Waals surface area contributed by atoms with Crippen molar-refractivity contribution in [3.8, 4) is 5.88 Å². The topological polar surface area (TPSA) is 104 Å². The fourth-order valence-corrected chi connectivity index (χ4v) is 3.87. The molecule has 0 aromatic carbocycles. The summed E-state index contributed by atoms with van der Waals surface area (Å²) in [6, 6.07) is 3.01. The second-order valence-electron chi connectivity index (χ2n) is 7.96. The lowest BCUT2D eigenvalue weighted by Crippen LogP contribution is -2.33. The van der Waals surface area contributed by atoms with Crippen LogP contribution < -0.4 is 4.74 Å². The summed E-state index contributed by atoms with van der Waals surface area (Å²) in [7, 11) is -3.86. The molecule has 1 saturated carbocycles. The summed E-state index contributed by atoms with van der Waals surface area (Å²) in [5.74, 6) is 0.414. The third kappa shape index (κ3) is 3.82. The molecule has 3 heterocycles. The zero-order chi connectivity index (χ0) is 20.1. The van der Waals surface area contributed by atoms with E-state index in [1.165, 1.54) is 23.4 Å². The normalized spacial score (nSPS) is 16.8. The quantitative estimate of drug-likeness (QED) is 0.767. The monoisotopic (exact) mass is 406 g/mol. The molecule has 10 heteroatoms. The van der Waals surface area contributed by atoms with Crippen molar-refractivity contribution in [3.63, 3.8) is 0 Å². The summed E-state index contributed by atoms with van der Waals surface area (Å²) in [5, 5.41) is 4.17. The Labute approximate surface area is 163 Å². The average molecular weight is 406 g/mol. The third-order valence-electron chi connectivity index (χ3n) is 4.27. The number of aromatic nitrogens is 3. The predicted molar refractivity (Wildman–Crippen MR) is 98.2 cm³/mol. The highest BCUT2D eigenvalue weighted by Crippen LogP contribution is 2.27. The van der Waals surface area contributed by atoms with E-state index in [1.807, 2.05) is 0 Å². The van der Waals surface area contributed by atoms with E-state index < -0.39 is 21.7 Å². The van der Waals surface area contributed by atoms with Crippen LogP contribution in [0.5, 0.6) is 5.88 Å². The van der Waals surface area contributed by atoms with Gasteiger partial charge in [-0.25, -0.2) is 9.78 Å². The average Bonchev–Trinajstić information content (AvgIpc) is 3.16. The van der Waals surface area contributed by atoms with Crippen molar-refractivity contribution < 1.29 is 22.7 Å². The van der Waals surface area contributed by atoms with Crippen LogP contribution in [0.4, 0.5) is 4.79 Å². The maximum atomic E-state index is 12.8. The number of ether oxygens (including phenoxy) is 2. The Morgan fingerprint density at radius 2 is 1.96 bits per heavy atom. The van der Waals surface area contributed by atoms with Crippen LogP contribution in [0.1, 0.15) is 44.9 Å². The summed E-state index contributed by atoms with van der Waals surface area (Å²) < 4.78 is 37.4. The molecule has 1 aliphatic carbocycles. The molecule has 0 spiro atoms. The highest BCUT2D eigenvalue weighted by molar-refractivity contribution is 7.89. The van der Waals surface area contributed by atoms with Crippen molar-refractivity contribution in [2.75, 3.05) is 0 Å². The first-order valence-electron chi connectivity index (χ1n) is 9.05. The summed E-state index contributed by atoms with van der Waals surface area (Å²) in [6.07, 6.45) is 4.45. The Balaban J connectivity index is 1.48. The minimum absolute atomic E-state index is 0.0285. The molecule has 0 unspecified atom stereocenters. The number of fused-ring (bicyclic) bond motifs is 1. The summed E-state index contributed by atoms with van der Waals surface area (Å²) in [5.41, 5.74) is 0.620. The van der Waals surface area contributed by atoms with Crippen LogP contribution >= 0.6 is 0 Å². The summed E-state index contributed by atoms with van der Waals surface area (Å²) >= 11 is 0. The van der Waals surface area contributed by atoms with Gasteiger partial charge in [0.2, 0.25) is 5.88 Å². The fourth-order valence-electron chi connectivity index (χ4n) is 2.76. The lowest BCUT2D eigenvalue weighted by atomic mass is 10.2. The van der Waals surface area contributed by atoms with E-state index in [4.69, 9.17) is 9.47 Å². The van der Waals surface area contributed by atoms with E-state index in [9.17, 15) is 13.2 Å². The Bertz CT molecular complexity index is 980. The van der Waals surface area contributed by atoms with Crippen molar-refractivity contribution in [1.29, 1.82) is 0 Å². The van der Waals surface area contributed by atoms with Crippen molar-refractivity contribution in [2.24, 2.45) is 0 Å². The van der Waals surface area contributed by atoms with Crippen LogP contribution in [0.15, 0.2) is 29.4 Å². The smallest absolute Gasteiger partial charge is 0.410 e. The molecule has 1 amide bonds. The number of nitrogens with zero attached hydrogens (tertiary/aromatic N) is 4. The van der Waals surface area contributed by atoms with Gasteiger partial charge in [0.05, 0.1) is 25.0 Å². The molecular weight excluding hydrogens is 384 g/mol. The van der Waals surface area contributed by atoms with Gasteiger partial charge in [-0.05, 0) is 39.7 Å². The Morgan fingerprint density at radius 1 is 1.21 bits per heavy atom. The van der Waals surface area contributed by atoms with E-state index in [2.05, 4.69) is 10.1 Å². The van der Waals surface area contributed by atoms with Crippen LogP contribution in [-0.2, 0) is 27.8 Å². The van der Waals surface area contributed by atoms with Gasteiger partial charge in [0.25, 0.3) is 10.0 Å². The summed E-state index contributed by atoms with van der Waals surface area (Å²) in [6.45, 7) is 5.84. The second kappa shape index (κ2) is 6.47. The zero-order valence-electron chi connectivity index (χ0n) is 16.0. The van der Waals surface area contributed by atoms with Crippen LogP contribution in [0, 0.1) is 0 Å². The third-order valence-corrected chi connectivity index (χ3v) is 5.79. The number of pyridine rings is 1. The first kappa shape index (κ1) is 18.7. The van der Waals surface area contributed by atoms with Crippen molar-refractivity contribution in [2.45, 2.75) is 63.3 Å². The van der Waals surface area contributed by atoms with Crippen LogP contribution in [0.25, 0.3) is 0 Å². The molecule has 1 fully saturated rings. The van der Waals surface area contributed by atoms with Gasteiger partial charge < -0.3 is 9.47 Å². The van der Waals surface area contributed by atoms with Crippen LogP contribution in [-0.4, -0.2) is 45.3 Å². The molecule has 0 radical (unpaired) electrons. The highest BCUT2D eigenvalue weighted by atomic mass is 32.2. The Hall–Kier alpha value is -2.62. The van der Waals surface area contributed by atoms with Gasteiger partial charge >= 0.3 is 6.09 Å². The first-order valence-corrected chi connectivity index (χ1v) is 10.5. The number of carbonyl (C=O) groups excluding carboxylic acids is 1. The second-order valence-corrected chi connectivity index (χ2v) is 9.76. The number of hydrogen-bond donors (Lipinski definition) is 0. The molecule has 9 nitrogen and oxygen atoms in total. The van der Waals surface area contributed by atoms with Crippen LogP contribution in [0.3, 0.4) is 0 Å². The van der Waals surface area contributed by atoms with Crippen LogP contribution in [0.2, 0.25) is 0 Å². The largest absolute Gasteiger partial charge is 0.474 e. The predicted octanol–water partition coefficient (Wildman–Crippen LogP) is 2.31. The van der Waals surface area contributed by atoms with E-state index in [0.29, 0.717) is 17.1 Å². The minimum Gasteiger partial charge on any atom is -0.474 e. The molecule has 0 bridgehead atoms. The molecule has 0 N–H and O–H groups in total. The molecule has 2 aromatic rings. The van der Waals surface area contributed by atoms with Gasteiger partial charge in [-0.1, -0.05) is 0 Å². The maximum Gasteiger partial charge on any atom is 0.410 e. The van der Waals surface area contributed by atoms with Gasteiger partial charge in [0.15, 0.2) is 0 Å². The van der Waals surface area contributed by atoms with Crippen molar-refractivity contribution >= 4 is 16.1 Å². The number of amides is 1. The molecule has 4 rings (SSSR count). The number of hydrogen-bond acceptors (Lipinski definition) is 7. The molecular formula is C18H22N4O5S. The molecule has 150 valence electrons. The van der Waals surface area contributed by atoms with Gasteiger partial charge in [0.1, 0.15) is 16.6 Å². The maximum absolute atomic E-state index is 12.8. The molecule has 2 aromatic heterocycles. The lowest BCUT2D eigenvalue weighted by Gasteiger charge is -2.24. The summed E-state index contributed by atoms with van der Waals surface area (Å²) in [4.78, 5) is 17.8. The van der Waals surface area contributed by atoms with Gasteiger partial charge in [-0.15, -0.1) is 0 Å². The zero-order valence-corrected chi connectivity index (χ0v) is 16.8. The van der Waals surface area contributed by atoms with E-state index in [1.54, 1.807) is 26.8 Å². The number of rotatable bonds is 4. The van der Waals surface area contributed by atoms with Gasteiger partial charge in [-0.3, -0.25) is 4.90 Å². The lowest BCUT2D eigenvalue weighted by molar-refractivity contribution is 0.0239. The van der Waals surface area contributed by atoms with E-state index >= 15 is 0 Å². The fraction of sp³-hybridized carbons (Fsp3) is 0.500. The van der Waals surface area contributed by atoms with Gasteiger partial charge in [-0.2, -0.15) is 17.6 Å². The molecule has 0 atom stereocenters. The Morgan fingerprint density at radius 3 is 2.54 bits per heavy atom. The SMILES string of the molecule is CC(C)(C)OC(=O)N1Cc2cn(S(=O)(=O)c3ccc(OC4CC4)nc3)nc2C1. The van der Waals surface area contributed by atoms with E-state index in [0.717, 1.165) is 16.9 Å². The standard InChI is InChI=1S/C18H22N4O5S/c1-18(2,3)27-17(23)21-9-12-10-22(20-15(12)11-21)28(24,25)14-6-7-16(19-8-14)26-13-4-5-13/h6-8,10,13H,4-5,9,11H2,1-3H3. The van der Waals surface area contributed by atoms with Gasteiger partial charge in [0, 0.05) is 17.8 Å². The highest BCUT2D eigenvalue weighted by Gasteiger charge is 2.32. The molecule has 2 aliphatic rings.